The Kier molecular flexibility index (Phi) is 3.69. The van der Waals surface area contributed by atoms with Crippen LogP contribution in [0, 0.1) is 11.6 Å². The Morgan fingerprint density at radius 2 is 1.90 bits per heavy atom. The summed E-state index contributed by atoms with van der Waals surface area (Å²) in [5.74, 6) is -0.996. The molecule has 1 fully saturated rings. The fraction of sp³-hybridized carbons (Fsp3) is 0.235. The van der Waals surface area contributed by atoms with Gasteiger partial charge in [0.2, 0.25) is 0 Å². The molecule has 1 saturated heterocycles. The maximum absolute atomic E-state index is 13.9. The molecule has 1 heterocycles. The lowest BCUT2D eigenvalue weighted by atomic mass is 10.0. The Bertz CT molecular complexity index is 671. The number of halogens is 2. The van der Waals surface area contributed by atoms with Crippen molar-refractivity contribution in [2.75, 3.05) is 6.54 Å². The highest BCUT2D eigenvalue weighted by atomic mass is 19.1. The van der Waals surface area contributed by atoms with Crippen LogP contribution in [-0.4, -0.2) is 17.4 Å². The fourth-order valence-electron chi connectivity index (χ4n) is 2.87. The minimum absolute atomic E-state index is 0.250. The van der Waals surface area contributed by atoms with E-state index in [1.165, 1.54) is 24.3 Å². The Morgan fingerprint density at radius 3 is 2.67 bits per heavy atom. The van der Waals surface area contributed by atoms with E-state index in [1.807, 2.05) is 0 Å². The van der Waals surface area contributed by atoms with Gasteiger partial charge in [0.15, 0.2) is 0 Å². The van der Waals surface area contributed by atoms with Crippen LogP contribution in [0.25, 0.3) is 0 Å². The van der Waals surface area contributed by atoms with E-state index in [4.69, 9.17) is 0 Å². The van der Waals surface area contributed by atoms with Gasteiger partial charge in [-0.3, -0.25) is 4.79 Å². The van der Waals surface area contributed by atoms with E-state index >= 15 is 0 Å². The molecular weight excluding hydrogens is 272 g/mol. The van der Waals surface area contributed by atoms with Crippen molar-refractivity contribution in [3.05, 3.63) is 71.3 Å². The molecule has 1 aliphatic rings. The van der Waals surface area contributed by atoms with Crippen LogP contribution in [0.4, 0.5) is 8.78 Å². The average Bonchev–Trinajstić information content (AvgIpc) is 2.96. The van der Waals surface area contributed by atoms with Crippen LogP contribution in [0.1, 0.15) is 34.8 Å². The quantitative estimate of drug-likeness (QED) is 0.819. The molecule has 21 heavy (non-hydrogen) atoms. The normalized spacial score (nSPS) is 18.0. The van der Waals surface area contributed by atoms with Gasteiger partial charge in [-0.25, -0.2) is 8.78 Å². The zero-order chi connectivity index (χ0) is 14.8. The van der Waals surface area contributed by atoms with Gasteiger partial charge in [0.1, 0.15) is 11.6 Å². The molecule has 2 nitrogen and oxygen atoms in total. The molecule has 0 radical (unpaired) electrons. The maximum Gasteiger partial charge on any atom is 0.254 e. The summed E-state index contributed by atoms with van der Waals surface area (Å²) in [6.45, 7) is 0.564. The zero-order valence-electron chi connectivity index (χ0n) is 11.4. The Hall–Kier alpha value is -2.23. The first kappa shape index (κ1) is 13.7. The lowest BCUT2D eigenvalue weighted by Crippen LogP contribution is -2.31. The summed E-state index contributed by atoms with van der Waals surface area (Å²) in [5, 5.41) is 0. The first-order chi connectivity index (χ1) is 10.2. The molecule has 2 aromatic carbocycles. The van der Waals surface area contributed by atoms with Crippen molar-refractivity contribution in [2.24, 2.45) is 0 Å². The largest absolute Gasteiger partial charge is 0.331 e. The molecule has 3 rings (SSSR count). The summed E-state index contributed by atoms with van der Waals surface area (Å²) >= 11 is 0. The van der Waals surface area contributed by atoms with Gasteiger partial charge in [-0.05, 0) is 37.1 Å². The smallest absolute Gasteiger partial charge is 0.254 e. The number of hydrogen-bond acceptors (Lipinski definition) is 1. The van der Waals surface area contributed by atoms with E-state index in [0.29, 0.717) is 17.7 Å². The topological polar surface area (TPSA) is 20.3 Å². The Morgan fingerprint density at radius 1 is 1.10 bits per heavy atom. The van der Waals surface area contributed by atoms with Crippen LogP contribution >= 0.6 is 0 Å². The van der Waals surface area contributed by atoms with Crippen LogP contribution in [0.5, 0.6) is 0 Å². The molecule has 0 aliphatic carbocycles. The minimum atomic E-state index is -0.442. The van der Waals surface area contributed by atoms with E-state index in [2.05, 4.69) is 0 Å². The summed E-state index contributed by atoms with van der Waals surface area (Å²) in [4.78, 5) is 14.2. The molecule has 1 unspecified atom stereocenters. The molecule has 108 valence electrons. The highest BCUT2D eigenvalue weighted by Gasteiger charge is 2.32. The van der Waals surface area contributed by atoms with Crippen molar-refractivity contribution in [3.8, 4) is 0 Å². The number of nitrogens with zero attached hydrogens (tertiary/aromatic N) is 1. The third-order valence-electron chi connectivity index (χ3n) is 3.85. The van der Waals surface area contributed by atoms with Gasteiger partial charge in [-0.15, -0.1) is 0 Å². The standard InChI is InChI=1S/C17H15F2NO/c18-13-6-3-5-12(11-13)17(21)20-10-4-9-16(20)14-7-1-2-8-15(14)19/h1-3,5-8,11,16H,4,9-10H2. The molecule has 1 amide bonds. The highest BCUT2D eigenvalue weighted by Crippen LogP contribution is 2.34. The van der Waals surface area contributed by atoms with Crippen molar-refractivity contribution < 1.29 is 13.6 Å². The number of carbonyl (C=O) groups excluding carboxylic acids is 1. The second-order valence-corrected chi connectivity index (χ2v) is 5.19. The number of rotatable bonds is 2. The fourth-order valence-corrected chi connectivity index (χ4v) is 2.87. The van der Waals surface area contributed by atoms with Crippen LogP contribution in [-0.2, 0) is 0 Å². The van der Waals surface area contributed by atoms with Gasteiger partial charge in [0.05, 0.1) is 6.04 Å². The first-order valence-electron chi connectivity index (χ1n) is 6.98. The SMILES string of the molecule is O=C(c1cccc(F)c1)N1CCCC1c1ccccc1F. The second kappa shape index (κ2) is 5.64. The first-order valence-corrected chi connectivity index (χ1v) is 6.98. The van der Waals surface area contributed by atoms with Gasteiger partial charge in [0.25, 0.3) is 5.91 Å². The van der Waals surface area contributed by atoms with Crippen LogP contribution < -0.4 is 0 Å². The molecule has 2 aromatic rings. The molecule has 1 atom stereocenters. The second-order valence-electron chi connectivity index (χ2n) is 5.19. The van der Waals surface area contributed by atoms with Crippen molar-refractivity contribution in [2.45, 2.75) is 18.9 Å². The molecule has 0 aromatic heterocycles. The molecule has 0 spiro atoms. The summed E-state index contributed by atoms with van der Waals surface area (Å²) in [6, 6.07) is 11.8. The molecular formula is C17H15F2NO. The predicted octanol–water partition coefficient (Wildman–Crippen LogP) is 3.94. The van der Waals surface area contributed by atoms with Gasteiger partial charge in [-0.1, -0.05) is 24.3 Å². The van der Waals surface area contributed by atoms with Crippen molar-refractivity contribution in [1.29, 1.82) is 0 Å². The monoisotopic (exact) mass is 287 g/mol. The minimum Gasteiger partial charge on any atom is -0.331 e. The molecule has 1 aliphatic heterocycles. The number of hydrogen-bond donors (Lipinski definition) is 0. The Labute approximate surface area is 122 Å². The van der Waals surface area contributed by atoms with Gasteiger partial charge >= 0.3 is 0 Å². The number of likely N-dealkylation sites (tertiary alicyclic amines) is 1. The number of benzene rings is 2. The van der Waals surface area contributed by atoms with Crippen LogP contribution in [0.15, 0.2) is 48.5 Å². The number of amides is 1. The molecule has 0 bridgehead atoms. The van der Waals surface area contributed by atoms with Crippen molar-refractivity contribution in [3.63, 3.8) is 0 Å². The summed E-state index contributed by atoms with van der Waals surface area (Å²) in [5.41, 5.74) is 0.831. The predicted molar refractivity (Wildman–Crippen MR) is 75.8 cm³/mol. The average molecular weight is 287 g/mol. The van der Waals surface area contributed by atoms with Gasteiger partial charge in [-0.2, -0.15) is 0 Å². The summed E-state index contributed by atoms with van der Waals surface area (Å²) < 4.78 is 27.2. The van der Waals surface area contributed by atoms with E-state index in [1.54, 1.807) is 29.2 Å². The summed E-state index contributed by atoms with van der Waals surface area (Å²) in [7, 11) is 0. The summed E-state index contributed by atoms with van der Waals surface area (Å²) in [6.07, 6.45) is 1.54. The van der Waals surface area contributed by atoms with Crippen LogP contribution in [0.3, 0.4) is 0 Å². The number of carbonyl (C=O) groups is 1. The molecule has 0 saturated carbocycles. The maximum atomic E-state index is 13.9. The Balaban J connectivity index is 1.91. The third-order valence-corrected chi connectivity index (χ3v) is 3.85. The van der Waals surface area contributed by atoms with Crippen molar-refractivity contribution >= 4 is 5.91 Å². The van der Waals surface area contributed by atoms with E-state index < -0.39 is 5.82 Å². The van der Waals surface area contributed by atoms with E-state index in [-0.39, 0.29) is 17.8 Å². The van der Waals surface area contributed by atoms with Crippen LogP contribution in [0.2, 0.25) is 0 Å². The lowest BCUT2D eigenvalue weighted by molar-refractivity contribution is 0.0733. The lowest BCUT2D eigenvalue weighted by Gasteiger charge is -2.25. The van der Waals surface area contributed by atoms with Crippen molar-refractivity contribution in [1.82, 2.24) is 4.90 Å². The van der Waals surface area contributed by atoms with E-state index in [9.17, 15) is 13.6 Å². The van der Waals surface area contributed by atoms with Gasteiger partial charge < -0.3 is 4.90 Å². The zero-order valence-corrected chi connectivity index (χ0v) is 11.4. The molecule has 0 N–H and O–H groups in total. The molecule has 4 heteroatoms. The van der Waals surface area contributed by atoms with E-state index in [0.717, 1.165) is 12.8 Å². The highest BCUT2D eigenvalue weighted by molar-refractivity contribution is 5.94. The third kappa shape index (κ3) is 2.66. The van der Waals surface area contributed by atoms with Gasteiger partial charge in [0, 0.05) is 17.7 Å².